The van der Waals surface area contributed by atoms with Gasteiger partial charge in [-0.05, 0) is 18.8 Å². The first-order chi connectivity index (χ1) is 7.29. The Morgan fingerprint density at radius 1 is 1.33 bits per heavy atom. The van der Waals surface area contributed by atoms with Gasteiger partial charge in [-0.25, -0.2) is 0 Å². The molecular weight excluding hydrogens is 194 g/mol. The predicted octanol–water partition coefficient (Wildman–Crippen LogP) is 1.07. The lowest BCUT2D eigenvalue weighted by Crippen LogP contribution is -2.17. The Hall–Kier alpha value is -0.610. The Kier molecular flexibility index (Phi) is 9.52. The van der Waals surface area contributed by atoms with Gasteiger partial charge in [0.15, 0.2) is 0 Å². The topological polar surface area (TPSA) is 72.5 Å². The van der Waals surface area contributed by atoms with Crippen LogP contribution in [-0.2, 0) is 9.53 Å². The molecule has 1 aliphatic rings. The van der Waals surface area contributed by atoms with Crippen molar-refractivity contribution in [1.29, 1.82) is 0 Å². The molecule has 0 spiro atoms. The van der Waals surface area contributed by atoms with Gasteiger partial charge in [-0.1, -0.05) is 19.3 Å². The zero-order chi connectivity index (χ0) is 11.5. The summed E-state index contributed by atoms with van der Waals surface area (Å²) >= 11 is 0. The molecule has 0 heterocycles. The third-order valence-electron chi connectivity index (χ3n) is 2.57. The molecule has 1 saturated carbocycles. The molecule has 0 aromatic carbocycles. The zero-order valence-electron chi connectivity index (χ0n) is 9.58. The summed E-state index contributed by atoms with van der Waals surface area (Å²) in [4.78, 5) is 10.4. The van der Waals surface area contributed by atoms with Crippen LogP contribution in [0.15, 0.2) is 0 Å². The van der Waals surface area contributed by atoms with E-state index in [1.54, 1.807) is 0 Å². The Morgan fingerprint density at radius 2 is 1.93 bits per heavy atom. The van der Waals surface area contributed by atoms with Crippen LogP contribution in [-0.4, -0.2) is 31.3 Å². The number of ether oxygens (including phenoxy) is 1. The normalized spacial score (nSPS) is 16.7. The summed E-state index contributed by atoms with van der Waals surface area (Å²) in [5.41, 5.74) is 4.99. The molecule has 4 nitrogen and oxygen atoms in total. The van der Waals surface area contributed by atoms with E-state index in [0.29, 0.717) is 13.0 Å². The fourth-order valence-corrected chi connectivity index (χ4v) is 1.78. The minimum Gasteiger partial charge on any atom is -0.400 e. The number of amides is 1. The van der Waals surface area contributed by atoms with Crippen LogP contribution in [0.25, 0.3) is 0 Å². The van der Waals surface area contributed by atoms with Crippen molar-refractivity contribution in [3.8, 4) is 0 Å². The van der Waals surface area contributed by atoms with E-state index >= 15 is 0 Å². The molecule has 1 fully saturated rings. The van der Waals surface area contributed by atoms with Crippen LogP contribution in [0.3, 0.4) is 0 Å². The van der Waals surface area contributed by atoms with Crippen LogP contribution in [0.2, 0.25) is 0 Å². The van der Waals surface area contributed by atoms with E-state index in [1.165, 1.54) is 32.1 Å². The molecule has 0 radical (unpaired) electrons. The van der Waals surface area contributed by atoms with Crippen molar-refractivity contribution in [2.24, 2.45) is 11.7 Å². The molecule has 0 saturated heterocycles. The average Bonchev–Trinajstić information content (AvgIpc) is 2.28. The van der Waals surface area contributed by atoms with Gasteiger partial charge >= 0.3 is 0 Å². The Bertz CT molecular complexity index is 156. The standard InChI is InChI=1S/C10H19NO2.CH4O/c11-10(12)6-7-13-8-9-4-2-1-3-5-9;1-2/h9H,1-8H2,(H2,11,12);2H,1H3. The Balaban J connectivity index is 0.000000921. The van der Waals surface area contributed by atoms with Gasteiger partial charge < -0.3 is 15.6 Å². The molecule has 90 valence electrons. The lowest BCUT2D eigenvalue weighted by molar-refractivity contribution is -0.119. The van der Waals surface area contributed by atoms with Crippen LogP contribution >= 0.6 is 0 Å². The number of aliphatic hydroxyl groups excluding tert-OH is 1. The Morgan fingerprint density at radius 3 is 2.47 bits per heavy atom. The highest BCUT2D eigenvalue weighted by Gasteiger charge is 2.12. The summed E-state index contributed by atoms with van der Waals surface area (Å²) in [5.74, 6) is 0.449. The fourth-order valence-electron chi connectivity index (χ4n) is 1.78. The fraction of sp³-hybridized carbons (Fsp3) is 0.909. The SMILES string of the molecule is CO.NC(=O)CCOCC1CCCCC1. The number of hydrogen-bond donors (Lipinski definition) is 2. The highest BCUT2D eigenvalue weighted by molar-refractivity contribution is 5.73. The minimum atomic E-state index is -0.274. The highest BCUT2D eigenvalue weighted by atomic mass is 16.5. The molecule has 1 aliphatic carbocycles. The number of rotatable bonds is 5. The highest BCUT2D eigenvalue weighted by Crippen LogP contribution is 2.23. The van der Waals surface area contributed by atoms with Crippen molar-refractivity contribution in [2.45, 2.75) is 38.5 Å². The molecule has 3 N–H and O–H groups in total. The molecular formula is C11H23NO3. The van der Waals surface area contributed by atoms with Crippen molar-refractivity contribution in [1.82, 2.24) is 0 Å². The molecule has 1 rings (SSSR count). The van der Waals surface area contributed by atoms with Gasteiger partial charge in [0.1, 0.15) is 0 Å². The van der Waals surface area contributed by atoms with Crippen molar-refractivity contribution in [3.05, 3.63) is 0 Å². The van der Waals surface area contributed by atoms with Crippen LogP contribution in [0.5, 0.6) is 0 Å². The largest absolute Gasteiger partial charge is 0.400 e. The maximum atomic E-state index is 10.4. The molecule has 4 heteroatoms. The van der Waals surface area contributed by atoms with Crippen molar-refractivity contribution < 1.29 is 14.6 Å². The maximum Gasteiger partial charge on any atom is 0.219 e. The van der Waals surface area contributed by atoms with Gasteiger partial charge in [0.25, 0.3) is 0 Å². The van der Waals surface area contributed by atoms with Crippen molar-refractivity contribution in [3.63, 3.8) is 0 Å². The Labute approximate surface area is 91.8 Å². The number of nitrogens with two attached hydrogens (primary N) is 1. The van der Waals surface area contributed by atoms with E-state index in [9.17, 15) is 4.79 Å². The van der Waals surface area contributed by atoms with Gasteiger partial charge in [-0.3, -0.25) is 4.79 Å². The van der Waals surface area contributed by atoms with E-state index in [-0.39, 0.29) is 5.91 Å². The second-order valence-corrected chi connectivity index (χ2v) is 3.80. The average molecular weight is 217 g/mol. The van der Waals surface area contributed by atoms with Gasteiger partial charge in [-0.15, -0.1) is 0 Å². The second kappa shape index (κ2) is 9.93. The summed E-state index contributed by atoms with van der Waals surface area (Å²) in [6.45, 7) is 1.30. The van der Waals surface area contributed by atoms with E-state index in [2.05, 4.69) is 0 Å². The summed E-state index contributed by atoms with van der Waals surface area (Å²) < 4.78 is 5.38. The summed E-state index contributed by atoms with van der Waals surface area (Å²) in [5, 5.41) is 7.00. The van der Waals surface area contributed by atoms with Gasteiger partial charge in [0.2, 0.25) is 5.91 Å². The van der Waals surface area contributed by atoms with E-state index < -0.39 is 0 Å². The minimum absolute atomic E-state index is 0.274. The van der Waals surface area contributed by atoms with Crippen LogP contribution in [0, 0.1) is 5.92 Å². The number of primary amides is 1. The van der Waals surface area contributed by atoms with E-state index in [1.807, 2.05) is 0 Å². The third-order valence-corrected chi connectivity index (χ3v) is 2.57. The molecule has 0 unspecified atom stereocenters. The zero-order valence-corrected chi connectivity index (χ0v) is 9.58. The molecule has 15 heavy (non-hydrogen) atoms. The van der Waals surface area contributed by atoms with Crippen molar-refractivity contribution in [2.75, 3.05) is 20.3 Å². The van der Waals surface area contributed by atoms with Gasteiger partial charge in [0, 0.05) is 20.1 Å². The quantitative estimate of drug-likeness (QED) is 0.676. The van der Waals surface area contributed by atoms with Gasteiger partial charge in [0.05, 0.1) is 6.61 Å². The lowest BCUT2D eigenvalue weighted by Gasteiger charge is -2.20. The number of carbonyl (C=O) groups is 1. The third kappa shape index (κ3) is 8.39. The summed E-state index contributed by atoms with van der Waals surface area (Å²) in [6.07, 6.45) is 6.98. The molecule has 0 bridgehead atoms. The first-order valence-electron chi connectivity index (χ1n) is 5.60. The first-order valence-corrected chi connectivity index (χ1v) is 5.60. The smallest absolute Gasteiger partial charge is 0.219 e. The number of carbonyl (C=O) groups excluding carboxylic acids is 1. The second-order valence-electron chi connectivity index (χ2n) is 3.80. The van der Waals surface area contributed by atoms with Crippen LogP contribution < -0.4 is 5.73 Å². The lowest BCUT2D eigenvalue weighted by atomic mass is 9.90. The monoisotopic (exact) mass is 217 g/mol. The molecule has 0 aromatic heterocycles. The first kappa shape index (κ1) is 14.4. The maximum absolute atomic E-state index is 10.4. The molecule has 1 amide bonds. The molecule has 0 atom stereocenters. The van der Waals surface area contributed by atoms with E-state index in [0.717, 1.165) is 19.6 Å². The van der Waals surface area contributed by atoms with Crippen LogP contribution in [0.1, 0.15) is 38.5 Å². The predicted molar refractivity (Wildman–Crippen MR) is 59.3 cm³/mol. The summed E-state index contributed by atoms with van der Waals surface area (Å²) in [6, 6.07) is 0. The molecule has 0 aromatic rings. The number of hydrogen-bond acceptors (Lipinski definition) is 3. The van der Waals surface area contributed by atoms with Crippen molar-refractivity contribution >= 4 is 5.91 Å². The molecule has 0 aliphatic heterocycles. The summed E-state index contributed by atoms with van der Waals surface area (Å²) in [7, 11) is 1.00. The van der Waals surface area contributed by atoms with Gasteiger partial charge in [-0.2, -0.15) is 0 Å². The van der Waals surface area contributed by atoms with Crippen LogP contribution in [0.4, 0.5) is 0 Å². The van der Waals surface area contributed by atoms with E-state index in [4.69, 9.17) is 15.6 Å². The number of aliphatic hydroxyl groups is 1.